The normalized spacial score (nSPS) is 18.8. The monoisotopic (exact) mass is 294 g/mol. The number of nitrogens with one attached hydrogen (secondary N) is 1. The van der Waals surface area contributed by atoms with Crippen LogP contribution in [0.2, 0.25) is 0 Å². The predicted octanol–water partition coefficient (Wildman–Crippen LogP) is 1.65. The molecular weight excluding hydrogens is 268 g/mol. The number of nitrogens with zero attached hydrogens (tertiary/aromatic N) is 3. The SMILES string of the molecule is CCNc1cc(N2CCCC(CO)C2)nc(COCC)n1. The molecule has 1 aliphatic heterocycles. The molecule has 1 aliphatic rings. The molecule has 0 bridgehead atoms. The van der Waals surface area contributed by atoms with E-state index in [9.17, 15) is 5.11 Å². The molecule has 1 atom stereocenters. The van der Waals surface area contributed by atoms with Crippen LogP contribution < -0.4 is 10.2 Å². The summed E-state index contributed by atoms with van der Waals surface area (Å²) in [7, 11) is 0. The summed E-state index contributed by atoms with van der Waals surface area (Å²) in [6.45, 7) is 8.00. The van der Waals surface area contributed by atoms with Gasteiger partial charge < -0.3 is 20.1 Å². The molecule has 0 aliphatic carbocycles. The van der Waals surface area contributed by atoms with Crippen molar-refractivity contribution in [3.8, 4) is 0 Å². The van der Waals surface area contributed by atoms with Gasteiger partial charge in [0.2, 0.25) is 0 Å². The minimum absolute atomic E-state index is 0.244. The lowest BCUT2D eigenvalue weighted by molar-refractivity contribution is 0.128. The average molecular weight is 294 g/mol. The molecule has 1 unspecified atom stereocenters. The van der Waals surface area contributed by atoms with Gasteiger partial charge in [0.25, 0.3) is 0 Å². The zero-order valence-corrected chi connectivity index (χ0v) is 13.0. The first-order valence-corrected chi connectivity index (χ1v) is 7.82. The minimum atomic E-state index is 0.244. The molecule has 1 fully saturated rings. The molecule has 1 aromatic rings. The second kappa shape index (κ2) is 8.14. The van der Waals surface area contributed by atoms with Gasteiger partial charge in [-0.2, -0.15) is 0 Å². The van der Waals surface area contributed by atoms with Gasteiger partial charge in [-0.05, 0) is 32.6 Å². The summed E-state index contributed by atoms with van der Waals surface area (Å²) in [4.78, 5) is 11.3. The van der Waals surface area contributed by atoms with Crippen molar-refractivity contribution in [1.29, 1.82) is 0 Å². The van der Waals surface area contributed by atoms with Crippen LogP contribution in [0.5, 0.6) is 0 Å². The van der Waals surface area contributed by atoms with Gasteiger partial charge in [-0.25, -0.2) is 9.97 Å². The van der Waals surface area contributed by atoms with E-state index in [0.717, 1.165) is 44.1 Å². The van der Waals surface area contributed by atoms with Crippen LogP contribution in [-0.2, 0) is 11.3 Å². The molecule has 0 spiro atoms. The van der Waals surface area contributed by atoms with Gasteiger partial charge in [-0.1, -0.05) is 0 Å². The molecule has 0 amide bonds. The van der Waals surface area contributed by atoms with Gasteiger partial charge in [0, 0.05) is 38.9 Å². The first-order valence-electron chi connectivity index (χ1n) is 7.82. The maximum atomic E-state index is 9.37. The fourth-order valence-electron chi connectivity index (χ4n) is 2.60. The number of ether oxygens (including phenoxy) is 1. The first kappa shape index (κ1) is 16.0. The Morgan fingerprint density at radius 2 is 2.29 bits per heavy atom. The molecule has 21 heavy (non-hydrogen) atoms. The Labute approximate surface area is 126 Å². The molecule has 0 radical (unpaired) electrons. The van der Waals surface area contributed by atoms with E-state index >= 15 is 0 Å². The Morgan fingerprint density at radius 3 is 3.00 bits per heavy atom. The van der Waals surface area contributed by atoms with Crippen molar-refractivity contribution < 1.29 is 9.84 Å². The van der Waals surface area contributed by atoms with E-state index in [2.05, 4.69) is 20.2 Å². The van der Waals surface area contributed by atoms with Crippen LogP contribution in [0.3, 0.4) is 0 Å². The van der Waals surface area contributed by atoms with E-state index in [1.807, 2.05) is 19.9 Å². The molecule has 2 heterocycles. The summed E-state index contributed by atoms with van der Waals surface area (Å²) in [6, 6.07) is 1.98. The van der Waals surface area contributed by atoms with Crippen molar-refractivity contribution in [2.75, 3.05) is 43.1 Å². The van der Waals surface area contributed by atoms with E-state index in [1.165, 1.54) is 0 Å². The number of piperidine rings is 1. The van der Waals surface area contributed by atoms with Gasteiger partial charge in [0.05, 0.1) is 0 Å². The zero-order chi connectivity index (χ0) is 15.1. The summed E-state index contributed by atoms with van der Waals surface area (Å²) in [5, 5.41) is 12.6. The average Bonchev–Trinajstić information content (AvgIpc) is 2.53. The molecule has 118 valence electrons. The van der Waals surface area contributed by atoms with Gasteiger partial charge >= 0.3 is 0 Å². The van der Waals surface area contributed by atoms with E-state index in [4.69, 9.17) is 4.74 Å². The maximum absolute atomic E-state index is 9.37. The number of aromatic nitrogens is 2. The standard InChI is InChI=1S/C15H26N4O2/c1-3-16-13-8-15(18-14(17-13)11-21-4-2)19-7-5-6-12(9-19)10-20/h8,12,20H,3-7,9-11H2,1-2H3,(H,16,17,18). The van der Waals surface area contributed by atoms with Crippen molar-refractivity contribution in [3.63, 3.8) is 0 Å². The van der Waals surface area contributed by atoms with Crippen LogP contribution in [0.4, 0.5) is 11.6 Å². The number of hydrogen-bond acceptors (Lipinski definition) is 6. The molecule has 0 saturated carbocycles. The molecule has 6 nitrogen and oxygen atoms in total. The molecular formula is C15H26N4O2. The maximum Gasteiger partial charge on any atom is 0.158 e. The highest BCUT2D eigenvalue weighted by Crippen LogP contribution is 2.23. The Kier molecular flexibility index (Phi) is 6.20. The van der Waals surface area contributed by atoms with E-state index in [1.54, 1.807) is 0 Å². The lowest BCUT2D eigenvalue weighted by Crippen LogP contribution is -2.37. The van der Waals surface area contributed by atoms with Crippen molar-refractivity contribution in [3.05, 3.63) is 11.9 Å². The van der Waals surface area contributed by atoms with Crippen molar-refractivity contribution >= 4 is 11.6 Å². The number of aliphatic hydroxyl groups is 1. The Hall–Kier alpha value is -1.40. The van der Waals surface area contributed by atoms with E-state index in [-0.39, 0.29) is 6.61 Å². The highest BCUT2D eigenvalue weighted by molar-refractivity contribution is 5.49. The molecule has 1 aromatic heterocycles. The lowest BCUT2D eigenvalue weighted by Gasteiger charge is -2.33. The summed E-state index contributed by atoms with van der Waals surface area (Å²) >= 11 is 0. The highest BCUT2D eigenvalue weighted by Gasteiger charge is 2.21. The fraction of sp³-hybridized carbons (Fsp3) is 0.733. The van der Waals surface area contributed by atoms with Crippen LogP contribution in [0.15, 0.2) is 6.07 Å². The first-order chi connectivity index (χ1) is 10.3. The molecule has 0 aromatic carbocycles. The van der Waals surface area contributed by atoms with E-state index in [0.29, 0.717) is 25.0 Å². The van der Waals surface area contributed by atoms with Crippen LogP contribution in [0.1, 0.15) is 32.5 Å². The largest absolute Gasteiger partial charge is 0.396 e. The second-order valence-corrected chi connectivity index (χ2v) is 5.33. The molecule has 2 N–H and O–H groups in total. The molecule has 2 rings (SSSR count). The van der Waals surface area contributed by atoms with Crippen LogP contribution in [-0.4, -0.2) is 47.9 Å². The molecule has 6 heteroatoms. The van der Waals surface area contributed by atoms with Crippen molar-refractivity contribution in [2.24, 2.45) is 5.92 Å². The lowest BCUT2D eigenvalue weighted by atomic mass is 9.99. The van der Waals surface area contributed by atoms with Crippen LogP contribution in [0, 0.1) is 5.92 Å². The van der Waals surface area contributed by atoms with Crippen molar-refractivity contribution in [1.82, 2.24) is 9.97 Å². The quantitative estimate of drug-likeness (QED) is 0.797. The highest BCUT2D eigenvalue weighted by atomic mass is 16.5. The van der Waals surface area contributed by atoms with Gasteiger partial charge in [0.15, 0.2) is 5.82 Å². The smallest absolute Gasteiger partial charge is 0.158 e. The summed E-state index contributed by atoms with van der Waals surface area (Å²) in [5.41, 5.74) is 0. The van der Waals surface area contributed by atoms with E-state index < -0.39 is 0 Å². The fourth-order valence-corrected chi connectivity index (χ4v) is 2.60. The van der Waals surface area contributed by atoms with Gasteiger partial charge in [-0.15, -0.1) is 0 Å². The number of aliphatic hydroxyl groups excluding tert-OH is 1. The second-order valence-electron chi connectivity index (χ2n) is 5.33. The minimum Gasteiger partial charge on any atom is -0.396 e. The predicted molar refractivity (Wildman–Crippen MR) is 83.5 cm³/mol. The van der Waals surface area contributed by atoms with Gasteiger partial charge in [-0.3, -0.25) is 0 Å². The summed E-state index contributed by atoms with van der Waals surface area (Å²) in [5.74, 6) is 2.81. The Morgan fingerprint density at radius 1 is 1.43 bits per heavy atom. The summed E-state index contributed by atoms with van der Waals surface area (Å²) < 4.78 is 5.43. The van der Waals surface area contributed by atoms with Crippen LogP contribution >= 0.6 is 0 Å². The number of hydrogen-bond donors (Lipinski definition) is 2. The third-order valence-corrected chi connectivity index (χ3v) is 3.65. The van der Waals surface area contributed by atoms with Crippen LogP contribution in [0.25, 0.3) is 0 Å². The number of rotatable bonds is 7. The van der Waals surface area contributed by atoms with Crippen molar-refractivity contribution in [2.45, 2.75) is 33.3 Å². The molecule has 1 saturated heterocycles. The Balaban J connectivity index is 2.17. The summed E-state index contributed by atoms with van der Waals surface area (Å²) in [6.07, 6.45) is 2.18. The Bertz CT molecular complexity index is 442. The third-order valence-electron chi connectivity index (χ3n) is 3.65. The third kappa shape index (κ3) is 4.54. The zero-order valence-electron chi connectivity index (χ0n) is 13.0. The topological polar surface area (TPSA) is 70.5 Å². The van der Waals surface area contributed by atoms with Gasteiger partial charge in [0.1, 0.15) is 18.2 Å². The number of anilines is 2.